The molecule has 4 nitrogen and oxygen atoms in total. The number of thioether (sulfide) groups is 1. The number of nitrogens with two attached hydrogens (primary N) is 1. The van der Waals surface area contributed by atoms with E-state index in [-0.39, 0.29) is 6.04 Å². The normalized spacial score (nSPS) is 17.2. The molecule has 112 valence electrons. The Hall–Kier alpha value is -1.33. The SMILES string of the molecule is CSc1ccc(-c2noc(CC(N)C3CCCC3)n2)cc1. The van der Waals surface area contributed by atoms with Gasteiger partial charge in [0, 0.05) is 22.9 Å². The van der Waals surface area contributed by atoms with Gasteiger partial charge in [-0.1, -0.05) is 18.0 Å². The summed E-state index contributed by atoms with van der Waals surface area (Å²) >= 11 is 1.72. The molecule has 0 spiro atoms. The molecule has 1 heterocycles. The van der Waals surface area contributed by atoms with Crippen LogP contribution in [0.2, 0.25) is 0 Å². The first-order valence-corrected chi connectivity index (χ1v) is 8.71. The minimum absolute atomic E-state index is 0.139. The molecule has 0 aliphatic heterocycles. The molecule has 1 aromatic carbocycles. The Morgan fingerprint density at radius 2 is 2.00 bits per heavy atom. The Kier molecular flexibility index (Phi) is 4.60. The Bertz CT molecular complexity index is 575. The molecular formula is C16H21N3OS. The molecule has 3 rings (SSSR count). The van der Waals surface area contributed by atoms with Crippen LogP contribution < -0.4 is 5.73 Å². The lowest BCUT2D eigenvalue weighted by atomic mass is 9.96. The molecule has 1 fully saturated rings. The van der Waals surface area contributed by atoms with Crippen molar-refractivity contribution in [3.8, 4) is 11.4 Å². The lowest BCUT2D eigenvalue weighted by Gasteiger charge is -2.16. The topological polar surface area (TPSA) is 64.9 Å². The zero-order chi connectivity index (χ0) is 14.7. The molecule has 21 heavy (non-hydrogen) atoms. The van der Waals surface area contributed by atoms with Gasteiger partial charge in [-0.05, 0) is 49.3 Å². The Balaban J connectivity index is 1.67. The van der Waals surface area contributed by atoms with E-state index in [1.807, 2.05) is 12.1 Å². The van der Waals surface area contributed by atoms with Crippen LogP contribution in [0.15, 0.2) is 33.7 Å². The molecular weight excluding hydrogens is 282 g/mol. The molecule has 0 saturated heterocycles. The van der Waals surface area contributed by atoms with E-state index in [0.29, 0.717) is 24.1 Å². The Morgan fingerprint density at radius 1 is 1.29 bits per heavy atom. The molecule has 1 aromatic heterocycles. The van der Waals surface area contributed by atoms with E-state index in [2.05, 4.69) is 28.5 Å². The van der Waals surface area contributed by atoms with Crippen molar-refractivity contribution >= 4 is 11.8 Å². The maximum absolute atomic E-state index is 6.27. The highest BCUT2D eigenvalue weighted by Crippen LogP contribution is 2.28. The van der Waals surface area contributed by atoms with Crippen LogP contribution in [0.4, 0.5) is 0 Å². The van der Waals surface area contributed by atoms with Crippen molar-refractivity contribution in [2.75, 3.05) is 6.26 Å². The molecule has 1 atom stereocenters. The van der Waals surface area contributed by atoms with Gasteiger partial charge in [-0.25, -0.2) is 0 Å². The van der Waals surface area contributed by atoms with Crippen molar-refractivity contribution in [1.82, 2.24) is 10.1 Å². The van der Waals surface area contributed by atoms with Crippen LogP contribution in [0.1, 0.15) is 31.6 Å². The number of nitrogens with zero attached hydrogens (tertiary/aromatic N) is 2. The molecule has 1 aliphatic rings. The summed E-state index contributed by atoms with van der Waals surface area (Å²) in [5.41, 5.74) is 7.25. The first kappa shape index (κ1) is 14.6. The third-order valence-electron chi connectivity index (χ3n) is 4.23. The van der Waals surface area contributed by atoms with Crippen molar-refractivity contribution in [3.63, 3.8) is 0 Å². The standard InChI is InChI=1S/C16H21N3OS/c1-21-13-8-6-12(7-9-13)16-18-15(20-19-16)10-14(17)11-4-2-3-5-11/h6-9,11,14H,2-5,10,17H2,1H3. The van der Waals surface area contributed by atoms with E-state index < -0.39 is 0 Å². The summed E-state index contributed by atoms with van der Waals surface area (Å²) in [6.07, 6.45) is 7.81. The van der Waals surface area contributed by atoms with Crippen LogP contribution in [0.5, 0.6) is 0 Å². The summed E-state index contributed by atoms with van der Waals surface area (Å²) in [7, 11) is 0. The maximum Gasteiger partial charge on any atom is 0.228 e. The lowest BCUT2D eigenvalue weighted by Crippen LogP contribution is -2.30. The number of hydrogen-bond acceptors (Lipinski definition) is 5. The van der Waals surface area contributed by atoms with Crippen LogP contribution in [0.25, 0.3) is 11.4 Å². The van der Waals surface area contributed by atoms with Crippen LogP contribution in [-0.2, 0) is 6.42 Å². The second kappa shape index (κ2) is 6.62. The summed E-state index contributed by atoms with van der Waals surface area (Å²) in [5.74, 6) is 1.91. The third kappa shape index (κ3) is 3.47. The lowest BCUT2D eigenvalue weighted by molar-refractivity contribution is 0.341. The molecule has 1 saturated carbocycles. The summed E-state index contributed by atoms with van der Waals surface area (Å²) < 4.78 is 5.36. The monoisotopic (exact) mass is 303 g/mol. The van der Waals surface area contributed by atoms with Gasteiger partial charge in [-0.15, -0.1) is 11.8 Å². The van der Waals surface area contributed by atoms with E-state index in [9.17, 15) is 0 Å². The van der Waals surface area contributed by atoms with Crippen LogP contribution in [0.3, 0.4) is 0 Å². The zero-order valence-corrected chi connectivity index (χ0v) is 13.1. The minimum atomic E-state index is 0.139. The highest BCUT2D eigenvalue weighted by atomic mass is 32.2. The van der Waals surface area contributed by atoms with Crippen molar-refractivity contribution in [1.29, 1.82) is 0 Å². The van der Waals surface area contributed by atoms with Crippen LogP contribution in [-0.4, -0.2) is 22.4 Å². The number of hydrogen-bond donors (Lipinski definition) is 1. The van der Waals surface area contributed by atoms with Gasteiger partial charge >= 0.3 is 0 Å². The summed E-state index contributed by atoms with van der Waals surface area (Å²) in [4.78, 5) is 5.71. The predicted molar refractivity (Wildman–Crippen MR) is 85.2 cm³/mol. The van der Waals surface area contributed by atoms with E-state index in [0.717, 1.165) is 5.56 Å². The van der Waals surface area contributed by atoms with Gasteiger partial charge in [0.15, 0.2) is 0 Å². The van der Waals surface area contributed by atoms with Gasteiger partial charge in [0.05, 0.1) is 0 Å². The molecule has 0 radical (unpaired) electrons. The fourth-order valence-corrected chi connectivity index (χ4v) is 3.36. The average molecular weight is 303 g/mol. The zero-order valence-electron chi connectivity index (χ0n) is 12.3. The van der Waals surface area contributed by atoms with Crippen molar-refractivity contribution in [2.45, 2.75) is 43.0 Å². The van der Waals surface area contributed by atoms with Crippen molar-refractivity contribution < 1.29 is 4.52 Å². The molecule has 2 N–H and O–H groups in total. The largest absolute Gasteiger partial charge is 0.339 e. The van der Waals surface area contributed by atoms with Gasteiger partial charge in [-0.2, -0.15) is 4.98 Å². The van der Waals surface area contributed by atoms with Gasteiger partial charge in [0.25, 0.3) is 0 Å². The second-order valence-corrected chi connectivity index (χ2v) is 6.53. The van der Waals surface area contributed by atoms with E-state index in [4.69, 9.17) is 10.3 Å². The summed E-state index contributed by atoms with van der Waals surface area (Å²) in [6.45, 7) is 0. The summed E-state index contributed by atoms with van der Waals surface area (Å²) in [6, 6.07) is 8.33. The first-order valence-electron chi connectivity index (χ1n) is 7.49. The molecule has 0 amide bonds. The van der Waals surface area contributed by atoms with Crippen LogP contribution >= 0.6 is 11.8 Å². The molecule has 2 aromatic rings. The van der Waals surface area contributed by atoms with E-state index in [1.165, 1.54) is 30.6 Å². The Labute approximate surface area is 129 Å². The van der Waals surface area contributed by atoms with Gasteiger partial charge in [0.1, 0.15) is 0 Å². The number of benzene rings is 1. The maximum atomic E-state index is 6.27. The summed E-state index contributed by atoms with van der Waals surface area (Å²) in [5, 5.41) is 4.07. The van der Waals surface area contributed by atoms with Gasteiger partial charge in [0.2, 0.25) is 11.7 Å². The minimum Gasteiger partial charge on any atom is -0.339 e. The highest BCUT2D eigenvalue weighted by molar-refractivity contribution is 7.98. The second-order valence-electron chi connectivity index (χ2n) is 5.65. The number of rotatable bonds is 5. The van der Waals surface area contributed by atoms with Crippen molar-refractivity contribution in [3.05, 3.63) is 30.2 Å². The first-order chi connectivity index (χ1) is 10.3. The fraction of sp³-hybridized carbons (Fsp3) is 0.500. The number of aromatic nitrogens is 2. The smallest absolute Gasteiger partial charge is 0.228 e. The predicted octanol–water partition coefficient (Wildman–Crippen LogP) is 3.52. The molecule has 5 heteroatoms. The average Bonchev–Trinajstić information content (AvgIpc) is 3.19. The van der Waals surface area contributed by atoms with E-state index in [1.54, 1.807) is 11.8 Å². The molecule has 1 unspecified atom stereocenters. The van der Waals surface area contributed by atoms with Crippen molar-refractivity contribution in [2.24, 2.45) is 11.7 Å². The van der Waals surface area contributed by atoms with Gasteiger partial charge in [-0.3, -0.25) is 0 Å². The molecule has 1 aliphatic carbocycles. The highest BCUT2D eigenvalue weighted by Gasteiger charge is 2.24. The fourth-order valence-electron chi connectivity index (χ4n) is 2.95. The van der Waals surface area contributed by atoms with Crippen LogP contribution in [0, 0.1) is 5.92 Å². The third-order valence-corrected chi connectivity index (χ3v) is 4.98. The van der Waals surface area contributed by atoms with Gasteiger partial charge < -0.3 is 10.3 Å². The quantitative estimate of drug-likeness (QED) is 0.856. The molecule has 0 bridgehead atoms. The Morgan fingerprint density at radius 3 is 2.67 bits per heavy atom. The van der Waals surface area contributed by atoms with E-state index >= 15 is 0 Å².